The first-order valence-corrected chi connectivity index (χ1v) is 4.85. The first-order valence-electron chi connectivity index (χ1n) is 4.85. The molecule has 85 valence electrons. The van der Waals surface area contributed by atoms with Crippen molar-refractivity contribution in [3.63, 3.8) is 0 Å². The van der Waals surface area contributed by atoms with E-state index in [1.807, 2.05) is 19.1 Å². The fourth-order valence-corrected chi connectivity index (χ4v) is 1.17. The second-order valence-electron chi connectivity index (χ2n) is 3.43. The molecular formula is C12H14NO3. The number of nitrogens with one attached hydrogen (secondary N) is 1. The molecule has 4 nitrogen and oxygen atoms in total. The molecule has 1 radical (unpaired) electrons. The van der Waals surface area contributed by atoms with Gasteiger partial charge in [-0.05, 0) is 31.0 Å². The van der Waals surface area contributed by atoms with Crippen molar-refractivity contribution in [2.75, 3.05) is 11.9 Å². The number of anilines is 1. The standard InChI is InChI=1S/C12H14NO3/c1-8-5-4-6-11(9(8)2)13-12(15)7-16-10(3)14/h4-6H,2,7H2,1,3H3,(H,13,15). The summed E-state index contributed by atoms with van der Waals surface area (Å²) >= 11 is 0. The molecule has 0 aliphatic carbocycles. The van der Waals surface area contributed by atoms with E-state index in [1.165, 1.54) is 6.92 Å². The topological polar surface area (TPSA) is 55.4 Å². The van der Waals surface area contributed by atoms with Gasteiger partial charge < -0.3 is 10.1 Å². The normalized spacial score (nSPS) is 9.69. The Morgan fingerprint density at radius 1 is 1.44 bits per heavy atom. The van der Waals surface area contributed by atoms with Gasteiger partial charge in [0.1, 0.15) is 0 Å². The van der Waals surface area contributed by atoms with E-state index in [1.54, 1.807) is 6.07 Å². The summed E-state index contributed by atoms with van der Waals surface area (Å²) in [5.74, 6) is -0.847. The highest BCUT2D eigenvalue weighted by atomic mass is 16.5. The van der Waals surface area contributed by atoms with Crippen LogP contribution in [-0.4, -0.2) is 18.5 Å². The first kappa shape index (κ1) is 12.2. The summed E-state index contributed by atoms with van der Waals surface area (Å²) in [6.45, 7) is 6.73. The minimum atomic E-state index is -0.478. The largest absolute Gasteiger partial charge is 0.456 e. The molecule has 0 atom stereocenters. The Kier molecular flexibility index (Phi) is 4.05. The van der Waals surface area contributed by atoms with E-state index in [9.17, 15) is 9.59 Å². The van der Waals surface area contributed by atoms with Gasteiger partial charge in [-0.3, -0.25) is 9.59 Å². The van der Waals surface area contributed by atoms with Crippen LogP contribution < -0.4 is 5.32 Å². The van der Waals surface area contributed by atoms with Crippen molar-refractivity contribution in [1.29, 1.82) is 0 Å². The number of rotatable bonds is 3. The zero-order valence-electron chi connectivity index (χ0n) is 9.37. The molecule has 0 saturated carbocycles. The highest BCUT2D eigenvalue weighted by Gasteiger charge is 2.07. The van der Waals surface area contributed by atoms with Crippen LogP contribution in [0.25, 0.3) is 0 Å². The van der Waals surface area contributed by atoms with E-state index in [2.05, 4.69) is 17.0 Å². The Labute approximate surface area is 94.6 Å². The summed E-state index contributed by atoms with van der Waals surface area (Å²) in [6, 6.07) is 5.48. The second-order valence-corrected chi connectivity index (χ2v) is 3.43. The third kappa shape index (κ3) is 3.38. The van der Waals surface area contributed by atoms with Crippen molar-refractivity contribution < 1.29 is 14.3 Å². The number of hydrogen-bond acceptors (Lipinski definition) is 3. The summed E-state index contributed by atoms with van der Waals surface area (Å²) < 4.78 is 4.57. The molecule has 1 N–H and O–H groups in total. The second kappa shape index (κ2) is 5.30. The maximum atomic E-state index is 11.4. The summed E-state index contributed by atoms with van der Waals surface area (Å²) in [7, 11) is 0. The van der Waals surface area contributed by atoms with Gasteiger partial charge >= 0.3 is 5.97 Å². The molecule has 4 heteroatoms. The van der Waals surface area contributed by atoms with Crippen molar-refractivity contribution in [1.82, 2.24) is 0 Å². The highest BCUT2D eigenvalue weighted by Crippen LogP contribution is 2.17. The summed E-state index contributed by atoms with van der Waals surface area (Å²) in [4.78, 5) is 21.9. The number of carbonyl (C=O) groups excluding carboxylic acids is 2. The molecule has 0 spiro atoms. The van der Waals surface area contributed by atoms with Crippen molar-refractivity contribution in [2.45, 2.75) is 13.8 Å². The van der Waals surface area contributed by atoms with Crippen molar-refractivity contribution in [3.8, 4) is 0 Å². The maximum Gasteiger partial charge on any atom is 0.303 e. The van der Waals surface area contributed by atoms with E-state index in [0.29, 0.717) is 5.69 Å². The molecule has 1 rings (SSSR count). The third-order valence-electron chi connectivity index (χ3n) is 2.09. The summed E-state index contributed by atoms with van der Waals surface area (Å²) in [5.41, 5.74) is 2.39. The maximum absolute atomic E-state index is 11.4. The predicted molar refractivity (Wildman–Crippen MR) is 60.9 cm³/mol. The van der Waals surface area contributed by atoms with Crippen LogP contribution in [0.3, 0.4) is 0 Å². The fourth-order valence-electron chi connectivity index (χ4n) is 1.17. The van der Waals surface area contributed by atoms with Gasteiger partial charge in [0.25, 0.3) is 5.91 Å². The zero-order valence-corrected chi connectivity index (χ0v) is 9.37. The Morgan fingerprint density at radius 3 is 2.75 bits per heavy atom. The molecule has 0 saturated heterocycles. The van der Waals surface area contributed by atoms with Crippen molar-refractivity contribution in [2.24, 2.45) is 0 Å². The Hall–Kier alpha value is -1.84. The van der Waals surface area contributed by atoms with E-state index >= 15 is 0 Å². The minimum Gasteiger partial charge on any atom is -0.456 e. The van der Waals surface area contributed by atoms with E-state index in [4.69, 9.17) is 0 Å². The monoisotopic (exact) mass is 220 g/mol. The predicted octanol–water partition coefficient (Wildman–Crippen LogP) is 1.68. The van der Waals surface area contributed by atoms with Crippen LogP contribution in [0.5, 0.6) is 0 Å². The van der Waals surface area contributed by atoms with Crippen molar-refractivity contribution in [3.05, 3.63) is 36.2 Å². The molecule has 0 aromatic heterocycles. The van der Waals surface area contributed by atoms with E-state index in [-0.39, 0.29) is 12.5 Å². The Balaban J connectivity index is 2.63. The Bertz CT molecular complexity index is 413. The van der Waals surface area contributed by atoms with E-state index in [0.717, 1.165) is 11.1 Å². The van der Waals surface area contributed by atoms with Crippen LogP contribution in [0.1, 0.15) is 18.1 Å². The smallest absolute Gasteiger partial charge is 0.303 e. The lowest BCUT2D eigenvalue weighted by Crippen LogP contribution is -2.20. The van der Waals surface area contributed by atoms with Crippen LogP contribution in [0.2, 0.25) is 0 Å². The highest BCUT2D eigenvalue weighted by molar-refractivity contribution is 5.93. The quantitative estimate of drug-likeness (QED) is 0.788. The lowest BCUT2D eigenvalue weighted by molar-refractivity contribution is -0.144. The van der Waals surface area contributed by atoms with Gasteiger partial charge in [-0.2, -0.15) is 0 Å². The van der Waals surface area contributed by atoms with Crippen LogP contribution >= 0.6 is 0 Å². The van der Waals surface area contributed by atoms with Crippen LogP contribution in [0.4, 0.5) is 5.69 Å². The molecule has 1 amide bonds. The summed E-state index contributed by atoms with van der Waals surface area (Å²) in [6.07, 6.45) is 0. The van der Waals surface area contributed by atoms with Gasteiger partial charge in [0.05, 0.1) is 0 Å². The van der Waals surface area contributed by atoms with Gasteiger partial charge in [-0.25, -0.2) is 0 Å². The lowest BCUT2D eigenvalue weighted by Gasteiger charge is -2.09. The molecule has 0 bridgehead atoms. The molecule has 0 unspecified atom stereocenters. The lowest BCUT2D eigenvalue weighted by atomic mass is 10.1. The number of amides is 1. The van der Waals surface area contributed by atoms with E-state index < -0.39 is 5.97 Å². The number of aryl methyl sites for hydroxylation is 1. The number of carbonyl (C=O) groups is 2. The molecule has 1 aromatic rings. The van der Waals surface area contributed by atoms with Crippen LogP contribution in [0, 0.1) is 13.8 Å². The van der Waals surface area contributed by atoms with Gasteiger partial charge in [0.2, 0.25) is 0 Å². The fraction of sp³-hybridized carbons (Fsp3) is 0.250. The molecule has 0 fully saturated rings. The molecule has 0 heterocycles. The zero-order chi connectivity index (χ0) is 12.1. The van der Waals surface area contributed by atoms with Crippen molar-refractivity contribution >= 4 is 17.6 Å². The molecule has 16 heavy (non-hydrogen) atoms. The number of esters is 1. The van der Waals surface area contributed by atoms with Gasteiger partial charge in [0, 0.05) is 12.6 Å². The first-order chi connectivity index (χ1) is 7.50. The number of benzene rings is 1. The minimum absolute atomic E-state index is 0.275. The number of hydrogen-bond donors (Lipinski definition) is 1. The molecule has 1 aromatic carbocycles. The van der Waals surface area contributed by atoms with Gasteiger partial charge in [0.15, 0.2) is 6.61 Å². The van der Waals surface area contributed by atoms with Crippen LogP contribution in [-0.2, 0) is 14.3 Å². The average Bonchev–Trinajstić information content (AvgIpc) is 2.22. The molecular weight excluding hydrogens is 206 g/mol. The van der Waals surface area contributed by atoms with Gasteiger partial charge in [-0.15, -0.1) is 0 Å². The molecule has 0 aliphatic heterocycles. The number of ether oxygens (including phenoxy) is 1. The Morgan fingerprint density at radius 2 is 2.12 bits per heavy atom. The SMILES string of the molecule is [CH2]c1c(C)cccc1NC(=O)COC(C)=O. The van der Waals surface area contributed by atoms with Crippen LogP contribution in [0.15, 0.2) is 18.2 Å². The van der Waals surface area contributed by atoms with Gasteiger partial charge in [-0.1, -0.05) is 12.1 Å². The molecule has 0 aliphatic rings. The average molecular weight is 220 g/mol. The third-order valence-corrected chi connectivity index (χ3v) is 2.09. The summed E-state index contributed by atoms with van der Waals surface area (Å²) in [5, 5.41) is 2.63.